The smallest absolute Gasteiger partial charge is 0.316 e. The molecule has 0 aromatic carbocycles. The highest BCUT2D eigenvalue weighted by Gasteiger charge is 1.92. The topological polar surface area (TPSA) is 44.2 Å². The molecule has 0 atom stereocenters. The first-order valence-electron chi connectivity index (χ1n) is 5.04. The van der Waals surface area contributed by atoms with Crippen LogP contribution in [0.2, 0.25) is 0 Å². The number of nitrogens with zero attached hydrogens (tertiary/aromatic N) is 2. The van der Waals surface area contributed by atoms with Gasteiger partial charge in [0.15, 0.2) is 0 Å². The average molecular weight is 222 g/mol. The van der Waals surface area contributed by atoms with Gasteiger partial charge < -0.3 is 9.47 Å². The minimum absolute atomic E-state index is 0.461. The van der Waals surface area contributed by atoms with Crippen molar-refractivity contribution in [3.8, 4) is 6.01 Å². The standard InChI is InChI=1S/C7H10N2O.C5H8O/c1-3-10-7-8-5-4-6(2)9-7;1-3-5-6-4-2/h4-5H,3H2,1-2H3;3-5H,2H2,1H3/b;5-3-. The summed E-state index contributed by atoms with van der Waals surface area (Å²) >= 11 is 0. The molecule has 16 heavy (non-hydrogen) atoms. The van der Waals surface area contributed by atoms with Gasteiger partial charge in [0, 0.05) is 11.9 Å². The third kappa shape index (κ3) is 7.55. The molecule has 0 N–H and O–H groups in total. The van der Waals surface area contributed by atoms with E-state index in [-0.39, 0.29) is 0 Å². The minimum Gasteiger partial charge on any atom is -0.474 e. The monoisotopic (exact) mass is 222 g/mol. The first kappa shape index (κ1) is 14.2. The summed E-state index contributed by atoms with van der Waals surface area (Å²) in [6.45, 7) is 9.63. The number of ether oxygens (including phenoxy) is 2. The third-order valence-electron chi connectivity index (χ3n) is 1.36. The number of aromatic nitrogens is 2. The maximum absolute atomic E-state index is 5.06. The Morgan fingerprint density at radius 3 is 2.69 bits per heavy atom. The van der Waals surface area contributed by atoms with E-state index in [0.717, 1.165) is 5.69 Å². The van der Waals surface area contributed by atoms with E-state index in [1.54, 1.807) is 18.5 Å². The molecule has 0 bridgehead atoms. The van der Waals surface area contributed by atoms with E-state index in [1.165, 1.54) is 6.26 Å². The number of allylic oxidation sites excluding steroid dienone is 1. The first-order valence-corrected chi connectivity index (χ1v) is 5.04. The van der Waals surface area contributed by atoms with Crippen molar-refractivity contribution in [3.05, 3.63) is 43.1 Å². The molecule has 1 heterocycles. The van der Waals surface area contributed by atoms with Gasteiger partial charge in [-0.3, -0.25) is 0 Å². The van der Waals surface area contributed by atoms with Crippen molar-refractivity contribution in [2.75, 3.05) is 6.61 Å². The van der Waals surface area contributed by atoms with Crippen LogP contribution in [0.15, 0.2) is 37.4 Å². The van der Waals surface area contributed by atoms with Crippen molar-refractivity contribution in [3.63, 3.8) is 0 Å². The fraction of sp³-hybridized carbons (Fsp3) is 0.333. The zero-order chi connectivity index (χ0) is 12.2. The molecule has 0 fully saturated rings. The summed E-state index contributed by atoms with van der Waals surface area (Å²) in [4.78, 5) is 7.93. The molecule has 0 aliphatic carbocycles. The molecule has 4 nitrogen and oxygen atoms in total. The van der Waals surface area contributed by atoms with Gasteiger partial charge in [0.05, 0.1) is 19.1 Å². The van der Waals surface area contributed by atoms with E-state index >= 15 is 0 Å². The van der Waals surface area contributed by atoms with E-state index in [4.69, 9.17) is 4.74 Å². The van der Waals surface area contributed by atoms with Crippen molar-refractivity contribution >= 4 is 0 Å². The van der Waals surface area contributed by atoms with Crippen LogP contribution in [-0.4, -0.2) is 16.6 Å². The molecule has 1 aromatic heterocycles. The molecule has 1 aromatic rings. The fourth-order valence-corrected chi connectivity index (χ4v) is 0.759. The van der Waals surface area contributed by atoms with Crippen LogP contribution in [-0.2, 0) is 4.74 Å². The lowest BCUT2D eigenvalue weighted by atomic mass is 10.5. The van der Waals surface area contributed by atoms with Crippen molar-refractivity contribution in [2.45, 2.75) is 20.8 Å². The fourth-order valence-electron chi connectivity index (χ4n) is 0.759. The normalized spacial score (nSPS) is 9.19. The van der Waals surface area contributed by atoms with E-state index < -0.39 is 0 Å². The molecule has 0 spiro atoms. The predicted octanol–water partition coefficient (Wildman–Crippen LogP) is 2.86. The van der Waals surface area contributed by atoms with Crippen LogP contribution < -0.4 is 4.74 Å². The van der Waals surface area contributed by atoms with Gasteiger partial charge in [-0.2, -0.15) is 0 Å². The Morgan fingerprint density at radius 1 is 1.50 bits per heavy atom. The molecular weight excluding hydrogens is 204 g/mol. The lowest BCUT2D eigenvalue weighted by Crippen LogP contribution is -1.97. The molecule has 1 rings (SSSR count). The summed E-state index contributed by atoms with van der Waals surface area (Å²) in [5.41, 5.74) is 0.929. The Hall–Kier alpha value is -1.84. The molecule has 0 amide bonds. The van der Waals surface area contributed by atoms with Crippen LogP contribution in [0.3, 0.4) is 0 Å². The van der Waals surface area contributed by atoms with Gasteiger partial charge in [-0.05, 0) is 26.8 Å². The molecule has 0 saturated carbocycles. The Bertz CT molecular complexity index is 325. The van der Waals surface area contributed by atoms with Gasteiger partial charge >= 0.3 is 6.01 Å². The van der Waals surface area contributed by atoms with Gasteiger partial charge in [-0.1, -0.05) is 12.7 Å². The minimum atomic E-state index is 0.461. The summed E-state index contributed by atoms with van der Waals surface area (Å²) in [5.74, 6) is 0. The van der Waals surface area contributed by atoms with Crippen molar-refractivity contribution in [1.29, 1.82) is 0 Å². The van der Waals surface area contributed by atoms with Gasteiger partial charge in [0.1, 0.15) is 0 Å². The Balaban J connectivity index is 0.000000325. The van der Waals surface area contributed by atoms with Crippen molar-refractivity contribution < 1.29 is 9.47 Å². The SMILES string of the molecule is C=CO/C=C\C.CCOc1nccc(C)n1. The van der Waals surface area contributed by atoms with E-state index in [2.05, 4.69) is 21.3 Å². The van der Waals surface area contributed by atoms with Gasteiger partial charge in [-0.25, -0.2) is 9.97 Å². The number of aryl methyl sites for hydroxylation is 1. The molecule has 88 valence electrons. The second-order valence-corrected chi connectivity index (χ2v) is 2.69. The predicted molar refractivity (Wildman–Crippen MR) is 64.0 cm³/mol. The summed E-state index contributed by atoms with van der Waals surface area (Å²) in [6.07, 6.45) is 6.42. The van der Waals surface area contributed by atoms with Crippen LogP contribution in [0.25, 0.3) is 0 Å². The largest absolute Gasteiger partial charge is 0.474 e. The molecule has 0 radical (unpaired) electrons. The molecule has 0 aliphatic rings. The Kier molecular flexibility index (Phi) is 8.59. The van der Waals surface area contributed by atoms with E-state index in [0.29, 0.717) is 12.6 Å². The van der Waals surface area contributed by atoms with Crippen LogP contribution in [0.1, 0.15) is 19.5 Å². The molecule has 0 unspecified atom stereocenters. The summed E-state index contributed by atoms with van der Waals surface area (Å²) in [7, 11) is 0. The van der Waals surface area contributed by atoms with Crippen molar-refractivity contribution in [1.82, 2.24) is 9.97 Å². The number of rotatable bonds is 4. The lowest BCUT2D eigenvalue weighted by Gasteiger charge is -1.98. The van der Waals surface area contributed by atoms with Crippen LogP contribution in [0.4, 0.5) is 0 Å². The Labute approximate surface area is 96.6 Å². The van der Waals surface area contributed by atoms with Gasteiger partial charge in [0.25, 0.3) is 0 Å². The van der Waals surface area contributed by atoms with E-state index in [1.807, 2.05) is 26.8 Å². The summed E-state index contributed by atoms with van der Waals surface area (Å²) < 4.78 is 9.63. The highest BCUT2D eigenvalue weighted by molar-refractivity contribution is 5.02. The van der Waals surface area contributed by atoms with Crippen LogP contribution in [0, 0.1) is 6.92 Å². The highest BCUT2D eigenvalue weighted by Crippen LogP contribution is 2.00. The second kappa shape index (κ2) is 9.71. The van der Waals surface area contributed by atoms with Crippen LogP contribution in [0.5, 0.6) is 6.01 Å². The second-order valence-electron chi connectivity index (χ2n) is 2.69. The lowest BCUT2D eigenvalue weighted by molar-refractivity contribution is 0.311. The Morgan fingerprint density at radius 2 is 2.25 bits per heavy atom. The van der Waals surface area contributed by atoms with Gasteiger partial charge in [0.2, 0.25) is 0 Å². The maximum atomic E-state index is 5.06. The maximum Gasteiger partial charge on any atom is 0.316 e. The zero-order valence-corrected chi connectivity index (χ0v) is 10.0. The van der Waals surface area contributed by atoms with E-state index in [9.17, 15) is 0 Å². The van der Waals surface area contributed by atoms with Crippen LogP contribution >= 0.6 is 0 Å². The summed E-state index contributed by atoms with van der Waals surface area (Å²) in [5, 5.41) is 0. The molecular formula is C12H18N2O2. The van der Waals surface area contributed by atoms with Gasteiger partial charge in [-0.15, -0.1) is 0 Å². The summed E-state index contributed by atoms with van der Waals surface area (Å²) in [6, 6.07) is 2.30. The molecule has 4 heteroatoms. The van der Waals surface area contributed by atoms with Crippen molar-refractivity contribution in [2.24, 2.45) is 0 Å². The number of hydrogen-bond donors (Lipinski definition) is 0. The molecule has 0 saturated heterocycles. The third-order valence-corrected chi connectivity index (χ3v) is 1.36. The first-order chi connectivity index (χ1) is 7.74. The highest BCUT2D eigenvalue weighted by atomic mass is 16.5. The zero-order valence-electron chi connectivity index (χ0n) is 10.0. The quantitative estimate of drug-likeness (QED) is 0.735. The number of hydrogen-bond acceptors (Lipinski definition) is 4. The average Bonchev–Trinajstić information content (AvgIpc) is 2.28. The molecule has 0 aliphatic heterocycles.